The van der Waals surface area contributed by atoms with Gasteiger partial charge in [0.1, 0.15) is 0 Å². The van der Waals surface area contributed by atoms with E-state index in [0.717, 1.165) is 12.3 Å². The van der Waals surface area contributed by atoms with Gasteiger partial charge in [-0.05, 0) is 50.4 Å². The molecule has 0 saturated heterocycles. The van der Waals surface area contributed by atoms with Gasteiger partial charge in [0.15, 0.2) is 0 Å². The molecule has 1 N–H and O–H groups in total. The van der Waals surface area contributed by atoms with Crippen molar-refractivity contribution in [2.45, 2.75) is 52.1 Å². The second kappa shape index (κ2) is 3.13. The topological polar surface area (TPSA) is 20.2 Å². The van der Waals surface area contributed by atoms with Crippen LogP contribution in [0.4, 0.5) is 0 Å². The van der Waals surface area contributed by atoms with Crippen LogP contribution < -0.4 is 0 Å². The standard InChI is InChI=1S/C12H20O/c1-3-11-6-10-4-5-12(11,8-10)7-9(2)13/h6,9-10,13H,3-5,7-8H2,1-2H3. The van der Waals surface area contributed by atoms with E-state index in [1.807, 2.05) is 6.92 Å². The first kappa shape index (κ1) is 9.26. The number of aliphatic hydroxyl groups is 1. The smallest absolute Gasteiger partial charge is 0.0520 e. The third kappa shape index (κ3) is 1.43. The van der Waals surface area contributed by atoms with Gasteiger partial charge in [0, 0.05) is 0 Å². The number of hydrogen-bond donors (Lipinski definition) is 1. The molecule has 0 aromatic carbocycles. The molecule has 2 aliphatic carbocycles. The molecule has 0 amide bonds. The molecule has 0 heterocycles. The number of allylic oxidation sites excluding steroid dienone is 2. The Kier molecular flexibility index (Phi) is 2.23. The van der Waals surface area contributed by atoms with Crippen LogP contribution in [0.5, 0.6) is 0 Å². The maximum absolute atomic E-state index is 9.51. The van der Waals surface area contributed by atoms with Crippen LogP contribution in [0.1, 0.15) is 46.0 Å². The van der Waals surface area contributed by atoms with E-state index in [-0.39, 0.29) is 6.10 Å². The first-order valence-electron chi connectivity index (χ1n) is 5.55. The molecule has 74 valence electrons. The lowest BCUT2D eigenvalue weighted by Gasteiger charge is -2.31. The first-order valence-corrected chi connectivity index (χ1v) is 5.55. The molecular weight excluding hydrogens is 160 g/mol. The molecule has 2 bridgehead atoms. The summed E-state index contributed by atoms with van der Waals surface area (Å²) >= 11 is 0. The summed E-state index contributed by atoms with van der Waals surface area (Å²) in [5.74, 6) is 0.841. The normalized spacial score (nSPS) is 39.3. The summed E-state index contributed by atoms with van der Waals surface area (Å²) in [5, 5.41) is 9.51. The minimum atomic E-state index is -0.133. The number of fused-ring (bicyclic) bond motifs is 2. The molecule has 0 aromatic rings. The molecule has 13 heavy (non-hydrogen) atoms. The fourth-order valence-electron chi connectivity index (χ4n) is 3.44. The summed E-state index contributed by atoms with van der Waals surface area (Å²) in [6.45, 7) is 4.17. The molecule has 0 radical (unpaired) electrons. The van der Waals surface area contributed by atoms with Gasteiger partial charge in [-0.2, -0.15) is 0 Å². The Balaban J connectivity index is 2.16. The van der Waals surface area contributed by atoms with Gasteiger partial charge in [-0.25, -0.2) is 0 Å². The first-order chi connectivity index (χ1) is 6.16. The minimum absolute atomic E-state index is 0.133. The minimum Gasteiger partial charge on any atom is -0.393 e. The largest absolute Gasteiger partial charge is 0.393 e. The van der Waals surface area contributed by atoms with Gasteiger partial charge in [-0.3, -0.25) is 0 Å². The van der Waals surface area contributed by atoms with Crippen LogP contribution in [0, 0.1) is 11.3 Å². The Morgan fingerprint density at radius 1 is 1.69 bits per heavy atom. The van der Waals surface area contributed by atoms with Gasteiger partial charge in [-0.15, -0.1) is 0 Å². The Morgan fingerprint density at radius 3 is 3.00 bits per heavy atom. The van der Waals surface area contributed by atoms with E-state index in [4.69, 9.17) is 0 Å². The third-order valence-electron chi connectivity index (χ3n) is 3.83. The van der Waals surface area contributed by atoms with Crippen molar-refractivity contribution in [3.05, 3.63) is 11.6 Å². The Hall–Kier alpha value is -0.300. The number of hydrogen-bond acceptors (Lipinski definition) is 1. The van der Waals surface area contributed by atoms with Gasteiger partial charge in [0.05, 0.1) is 6.10 Å². The fraction of sp³-hybridized carbons (Fsp3) is 0.833. The summed E-state index contributed by atoms with van der Waals surface area (Å²) < 4.78 is 0. The van der Waals surface area contributed by atoms with Crippen molar-refractivity contribution < 1.29 is 5.11 Å². The van der Waals surface area contributed by atoms with E-state index in [1.165, 1.54) is 25.7 Å². The molecule has 1 saturated carbocycles. The molecule has 0 aromatic heterocycles. The zero-order chi connectivity index (χ0) is 9.47. The Morgan fingerprint density at radius 2 is 2.46 bits per heavy atom. The molecule has 2 aliphatic rings. The van der Waals surface area contributed by atoms with Gasteiger partial charge in [0.2, 0.25) is 0 Å². The highest BCUT2D eigenvalue weighted by Gasteiger charge is 2.45. The highest BCUT2D eigenvalue weighted by molar-refractivity contribution is 5.26. The summed E-state index contributed by atoms with van der Waals surface area (Å²) in [6, 6.07) is 0. The van der Waals surface area contributed by atoms with Crippen molar-refractivity contribution in [1.82, 2.24) is 0 Å². The van der Waals surface area contributed by atoms with Crippen LogP contribution in [-0.2, 0) is 0 Å². The van der Waals surface area contributed by atoms with E-state index in [9.17, 15) is 5.11 Å². The predicted molar refractivity (Wildman–Crippen MR) is 54.4 cm³/mol. The maximum Gasteiger partial charge on any atom is 0.0520 e. The molecule has 0 aliphatic heterocycles. The monoisotopic (exact) mass is 180 g/mol. The van der Waals surface area contributed by atoms with Gasteiger partial charge in [-0.1, -0.05) is 18.6 Å². The average molecular weight is 180 g/mol. The van der Waals surface area contributed by atoms with Crippen molar-refractivity contribution >= 4 is 0 Å². The highest BCUT2D eigenvalue weighted by Crippen LogP contribution is 2.57. The summed E-state index contributed by atoms with van der Waals surface area (Å²) in [6.07, 6.45) is 8.52. The number of rotatable bonds is 3. The van der Waals surface area contributed by atoms with Crippen molar-refractivity contribution in [1.29, 1.82) is 0 Å². The Bertz CT molecular complexity index is 229. The molecule has 0 spiro atoms. The molecule has 1 nitrogen and oxygen atoms in total. The van der Waals surface area contributed by atoms with Gasteiger partial charge < -0.3 is 5.11 Å². The molecule has 1 fully saturated rings. The van der Waals surface area contributed by atoms with Crippen LogP contribution in [0.3, 0.4) is 0 Å². The number of aliphatic hydroxyl groups excluding tert-OH is 1. The molecule has 1 heteroatoms. The summed E-state index contributed by atoms with van der Waals surface area (Å²) in [7, 11) is 0. The quantitative estimate of drug-likeness (QED) is 0.662. The fourth-order valence-corrected chi connectivity index (χ4v) is 3.44. The molecule has 3 atom stereocenters. The molecular formula is C12H20O. The summed E-state index contributed by atoms with van der Waals surface area (Å²) in [5.41, 5.74) is 2.04. The van der Waals surface area contributed by atoms with Crippen LogP contribution in [0.2, 0.25) is 0 Å². The lowest BCUT2D eigenvalue weighted by atomic mass is 9.75. The van der Waals surface area contributed by atoms with E-state index in [2.05, 4.69) is 13.0 Å². The van der Waals surface area contributed by atoms with E-state index in [0.29, 0.717) is 5.41 Å². The average Bonchev–Trinajstić information content (AvgIpc) is 2.58. The van der Waals surface area contributed by atoms with Crippen LogP contribution in [-0.4, -0.2) is 11.2 Å². The van der Waals surface area contributed by atoms with Crippen molar-refractivity contribution in [2.24, 2.45) is 11.3 Å². The van der Waals surface area contributed by atoms with E-state index >= 15 is 0 Å². The molecule has 2 rings (SSSR count). The second-order valence-corrected chi connectivity index (χ2v) is 4.88. The zero-order valence-electron chi connectivity index (χ0n) is 8.71. The molecule has 3 unspecified atom stereocenters. The lowest BCUT2D eigenvalue weighted by molar-refractivity contribution is 0.132. The van der Waals surface area contributed by atoms with Crippen LogP contribution in [0.25, 0.3) is 0 Å². The van der Waals surface area contributed by atoms with Gasteiger partial charge >= 0.3 is 0 Å². The SMILES string of the molecule is CCC1=CC2CCC1(CC(C)O)C2. The Labute approximate surface area is 80.8 Å². The maximum atomic E-state index is 9.51. The van der Waals surface area contributed by atoms with Crippen molar-refractivity contribution in [3.63, 3.8) is 0 Å². The van der Waals surface area contributed by atoms with Crippen LogP contribution >= 0.6 is 0 Å². The van der Waals surface area contributed by atoms with Crippen molar-refractivity contribution in [2.75, 3.05) is 0 Å². The zero-order valence-corrected chi connectivity index (χ0v) is 8.71. The lowest BCUT2D eigenvalue weighted by Crippen LogP contribution is -2.23. The third-order valence-corrected chi connectivity index (χ3v) is 3.83. The van der Waals surface area contributed by atoms with E-state index in [1.54, 1.807) is 5.57 Å². The second-order valence-electron chi connectivity index (χ2n) is 4.88. The predicted octanol–water partition coefficient (Wildman–Crippen LogP) is 2.89. The summed E-state index contributed by atoms with van der Waals surface area (Å²) in [4.78, 5) is 0. The van der Waals surface area contributed by atoms with E-state index < -0.39 is 0 Å². The van der Waals surface area contributed by atoms with Crippen LogP contribution in [0.15, 0.2) is 11.6 Å². The van der Waals surface area contributed by atoms with Gasteiger partial charge in [0.25, 0.3) is 0 Å². The van der Waals surface area contributed by atoms with Crippen molar-refractivity contribution in [3.8, 4) is 0 Å². The highest BCUT2D eigenvalue weighted by atomic mass is 16.3.